The molecule has 2 atom stereocenters. The van der Waals surface area contributed by atoms with Gasteiger partial charge >= 0.3 is 0 Å². The first-order chi connectivity index (χ1) is 10.8. The van der Waals surface area contributed by atoms with Crippen molar-refractivity contribution in [1.29, 1.82) is 0 Å². The molecule has 6 nitrogen and oxygen atoms in total. The zero-order valence-corrected chi connectivity index (χ0v) is 12.5. The summed E-state index contributed by atoms with van der Waals surface area (Å²) in [6.07, 6.45) is 6.29. The van der Waals surface area contributed by atoms with E-state index in [1.165, 1.54) is 12.8 Å². The van der Waals surface area contributed by atoms with E-state index in [0.29, 0.717) is 36.6 Å². The Morgan fingerprint density at radius 2 is 2.23 bits per heavy atom. The molecule has 118 valence electrons. The van der Waals surface area contributed by atoms with Gasteiger partial charge in [0, 0.05) is 12.0 Å². The molecule has 2 fully saturated rings. The molecule has 0 bridgehead atoms. The minimum absolute atomic E-state index is 0.330. The second kappa shape index (κ2) is 5.85. The number of rotatable bonds is 6. The Kier molecular flexibility index (Phi) is 3.72. The molecule has 1 N–H and O–H groups in total. The van der Waals surface area contributed by atoms with Crippen molar-refractivity contribution in [2.75, 3.05) is 6.54 Å². The van der Waals surface area contributed by atoms with E-state index in [2.05, 4.69) is 15.1 Å². The maximum atomic E-state index is 10.3. The van der Waals surface area contributed by atoms with Gasteiger partial charge in [0.1, 0.15) is 11.9 Å². The van der Waals surface area contributed by atoms with Gasteiger partial charge in [0.25, 0.3) is 0 Å². The Balaban J connectivity index is 1.37. The van der Waals surface area contributed by atoms with Crippen LogP contribution in [0, 0.1) is 0 Å². The van der Waals surface area contributed by atoms with Crippen molar-refractivity contribution in [2.24, 2.45) is 0 Å². The molecule has 1 saturated heterocycles. The molecule has 22 heavy (non-hydrogen) atoms. The Morgan fingerprint density at radius 1 is 1.32 bits per heavy atom. The van der Waals surface area contributed by atoms with Gasteiger partial charge in [-0.25, -0.2) is 0 Å². The van der Waals surface area contributed by atoms with E-state index in [1.54, 1.807) is 6.26 Å². The molecule has 1 saturated carbocycles. The van der Waals surface area contributed by atoms with Gasteiger partial charge in [0.2, 0.25) is 11.8 Å². The summed E-state index contributed by atoms with van der Waals surface area (Å²) in [7, 11) is 0. The van der Waals surface area contributed by atoms with Crippen molar-refractivity contribution >= 4 is 0 Å². The number of nitrogens with zero attached hydrogens (tertiary/aromatic N) is 3. The fraction of sp³-hybridized carbons (Fsp3) is 0.625. The van der Waals surface area contributed by atoms with Crippen LogP contribution in [0.3, 0.4) is 0 Å². The number of hydrogen-bond donors (Lipinski definition) is 1. The van der Waals surface area contributed by atoms with Crippen LogP contribution in [0.2, 0.25) is 0 Å². The molecular formula is C16H21N3O3. The number of hydrogen-bond acceptors (Lipinski definition) is 6. The van der Waals surface area contributed by atoms with Gasteiger partial charge in [0.05, 0.1) is 12.8 Å². The Hall–Kier alpha value is -1.66. The predicted molar refractivity (Wildman–Crippen MR) is 78.0 cm³/mol. The van der Waals surface area contributed by atoms with Crippen LogP contribution in [0.15, 0.2) is 27.2 Å². The molecule has 4 rings (SSSR count). The monoisotopic (exact) mass is 303 g/mol. The van der Waals surface area contributed by atoms with Crippen molar-refractivity contribution in [3.05, 3.63) is 35.9 Å². The molecule has 6 heteroatoms. The Bertz CT molecular complexity index is 606. The summed E-state index contributed by atoms with van der Waals surface area (Å²) in [5, 5.41) is 18.6. The largest absolute Gasteiger partial charge is 0.467 e. The number of likely N-dealkylation sites (tertiary alicyclic amines) is 1. The lowest BCUT2D eigenvalue weighted by Crippen LogP contribution is -2.30. The van der Waals surface area contributed by atoms with E-state index < -0.39 is 6.10 Å². The fourth-order valence-corrected chi connectivity index (χ4v) is 3.22. The molecular weight excluding hydrogens is 282 g/mol. The van der Waals surface area contributed by atoms with E-state index in [-0.39, 0.29) is 0 Å². The highest BCUT2D eigenvalue weighted by atomic mass is 16.4. The van der Waals surface area contributed by atoms with Gasteiger partial charge in [-0.1, -0.05) is 0 Å². The lowest BCUT2D eigenvalue weighted by molar-refractivity contribution is 0.0962. The SMILES string of the molecule is OC(CC1CCCN1Cc1nnc(C2CC2)o1)c1ccco1. The third-order valence-corrected chi connectivity index (χ3v) is 4.61. The summed E-state index contributed by atoms with van der Waals surface area (Å²) in [6, 6.07) is 3.96. The highest BCUT2D eigenvalue weighted by Gasteiger charge is 2.32. The number of aliphatic hydroxyl groups is 1. The fourth-order valence-electron chi connectivity index (χ4n) is 3.22. The first-order valence-corrected chi connectivity index (χ1v) is 8.07. The summed E-state index contributed by atoms with van der Waals surface area (Å²) < 4.78 is 11.0. The van der Waals surface area contributed by atoms with Crippen LogP contribution in [-0.2, 0) is 6.54 Å². The first-order valence-electron chi connectivity index (χ1n) is 8.07. The molecule has 2 unspecified atom stereocenters. The minimum atomic E-state index is -0.551. The molecule has 1 aliphatic heterocycles. The van der Waals surface area contributed by atoms with Gasteiger partial charge in [-0.05, 0) is 50.8 Å². The summed E-state index contributed by atoms with van der Waals surface area (Å²) in [5.74, 6) is 2.62. The third kappa shape index (κ3) is 2.94. The van der Waals surface area contributed by atoms with E-state index in [9.17, 15) is 5.11 Å². The minimum Gasteiger partial charge on any atom is -0.467 e. The molecule has 0 amide bonds. The lowest BCUT2D eigenvalue weighted by Gasteiger charge is -2.24. The second-order valence-electron chi connectivity index (χ2n) is 6.34. The third-order valence-electron chi connectivity index (χ3n) is 4.61. The Labute approximate surface area is 129 Å². The highest BCUT2D eigenvalue weighted by molar-refractivity contribution is 5.03. The topological polar surface area (TPSA) is 75.5 Å². The first kappa shape index (κ1) is 14.0. The van der Waals surface area contributed by atoms with Crippen molar-refractivity contribution in [3.8, 4) is 0 Å². The molecule has 2 aliphatic rings. The molecule has 0 radical (unpaired) electrons. The summed E-state index contributed by atoms with van der Waals surface area (Å²) in [5.41, 5.74) is 0. The number of aromatic nitrogens is 2. The lowest BCUT2D eigenvalue weighted by atomic mass is 10.1. The number of aliphatic hydroxyl groups excluding tert-OH is 1. The normalized spacial score (nSPS) is 24.0. The zero-order valence-electron chi connectivity index (χ0n) is 12.5. The second-order valence-corrected chi connectivity index (χ2v) is 6.34. The summed E-state index contributed by atoms with van der Waals surface area (Å²) >= 11 is 0. The maximum absolute atomic E-state index is 10.3. The van der Waals surface area contributed by atoms with Crippen molar-refractivity contribution < 1.29 is 13.9 Å². The van der Waals surface area contributed by atoms with Gasteiger partial charge in [-0.3, -0.25) is 4.90 Å². The van der Waals surface area contributed by atoms with Crippen LogP contribution in [0.1, 0.15) is 61.7 Å². The smallest absolute Gasteiger partial charge is 0.230 e. The van der Waals surface area contributed by atoms with Crippen LogP contribution < -0.4 is 0 Å². The average Bonchev–Trinajstić information content (AvgIpc) is 2.97. The molecule has 2 aromatic rings. The Morgan fingerprint density at radius 3 is 3.00 bits per heavy atom. The van der Waals surface area contributed by atoms with Gasteiger partial charge < -0.3 is 13.9 Å². The predicted octanol–water partition coefficient (Wildman–Crippen LogP) is 2.63. The van der Waals surface area contributed by atoms with Crippen LogP contribution in [0.25, 0.3) is 0 Å². The molecule has 0 spiro atoms. The van der Waals surface area contributed by atoms with Crippen LogP contribution >= 0.6 is 0 Å². The van der Waals surface area contributed by atoms with Crippen molar-refractivity contribution in [3.63, 3.8) is 0 Å². The standard InChI is InChI=1S/C16H21N3O3/c20-13(14-4-2-8-21-14)9-12-3-1-7-19(12)10-15-17-18-16(22-15)11-5-6-11/h2,4,8,11-13,20H,1,3,5-7,9-10H2. The van der Waals surface area contributed by atoms with Crippen LogP contribution in [0.4, 0.5) is 0 Å². The van der Waals surface area contributed by atoms with Crippen LogP contribution in [-0.4, -0.2) is 32.8 Å². The average molecular weight is 303 g/mol. The van der Waals surface area contributed by atoms with Crippen molar-refractivity contribution in [2.45, 2.75) is 56.7 Å². The van der Waals surface area contributed by atoms with Crippen LogP contribution in [0.5, 0.6) is 0 Å². The van der Waals surface area contributed by atoms with Gasteiger partial charge in [-0.2, -0.15) is 0 Å². The van der Waals surface area contributed by atoms with Gasteiger partial charge in [0.15, 0.2) is 0 Å². The zero-order chi connectivity index (χ0) is 14.9. The molecule has 1 aliphatic carbocycles. The summed E-state index contributed by atoms with van der Waals surface area (Å²) in [4.78, 5) is 2.33. The molecule has 0 aromatic carbocycles. The maximum Gasteiger partial charge on any atom is 0.230 e. The number of furan rings is 1. The van der Waals surface area contributed by atoms with E-state index in [1.807, 2.05) is 12.1 Å². The van der Waals surface area contributed by atoms with Crippen molar-refractivity contribution in [1.82, 2.24) is 15.1 Å². The quantitative estimate of drug-likeness (QED) is 0.884. The van der Waals surface area contributed by atoms with Gasteiger partial charge in [-0.15, -0.1) is 10.2 Å². The van der Waals surface area contributed by atoms with E-state index >= 15 is 0 Å². The highest BCUT2D eigenvalue weighted by Crippen LogP contribution is 2.39. The van der Waals surface area contributed by atoms with E-state index in [0.717, 1.165) is 25.3 Å². The molecule has 3 heterocycles. The molecule has 2 aromatic heterocycles. The summed E-state index contributed by atoms with van der Waals surface area (Å²) in [6.45, 7) is 1.69. The van der Waals surface area contributed by atoms with E-state index in [4.69, 9.17) is 8.83 Å².